The maximum atomic E-state index is 6.32. The van der Waals surface area contributed by atoms with E-state index < -0.39 is 0 Å². The van der Waals surface area contributed by atoms with E-state index in [1.54, 1.807) is 7.11 Å². The van der Waals surface area contributed by atoms with Crippen LogP contribution in [0.3, 0.4) is 0 Å². The minimum Gasteiger partial charge on any atom is -0.497 e. The molecule has 2 heteroatoms. The summed E-state index contributed by atoms with van der Waals surface area (Å²) in [5.74, 6) is 0.894. The van der Waals surface area contributed by atoms with Gasteiger partial charge in [-0.1, -0.05) is 30.3 Å². The third-order valence-electron chi connectivity index (χ3n) is 4.32. The molecular formula is C19H23NO. The molecule has 2 nitrogen and oxygen atoms in total. The Morgan fingerprint density at radius 3 is 2.38 bits per heavy atom. The molecule has 0 aliphatic heterocycles. The molecule has 1 aliphatic carbocycles. The third-order valence-corrected chi connectivity index (χ3v) is 4.32. The van der Waals surface area contributed by atoms with Gasteiger partial charge in [-0.3, -0.25) is 0 Å². The second-order valence-corrected chi connectivity index (χ2v) is 5.97. The zero-order valence-corrected chi connectivity index (χ0v) is 12.6. The SMILES string of the molecule is COc1ccc(CC(N)Cc2ccc3c(c2)CCC3)cc1. The summed E-state index contributed by atoms with van der Waals surface area (Å²) >= 11 is 0. The number of methoxy groups -OCH3 is 1. The Morgan fingerprint density at radius 1 is 0.952 bits per heavy atom. The van der Waals surface area contributed by atoms with E-state index in [4.69, 9.17) is 10.5 Å². The molecular weight excluding hydrogens is 258 g/mol. The van der Waals surface area contributed by atoms with Crippen LogP contribution in [0.15, 0.2) is 42.5 Å². The number of benzene rings is 2. The molecule has 21 heavy (non-hydrogen) atoms. The molecule has 0 amide bonds. The minimum absolute atomic E-state index is 0.165. The number of hydrogen-bond donors (Lipinski definition) is 1. The van der Waals surface area contributed by atoms with Gasteiger partial charge in [0.05, 0.1) is 7.11 Å². The lowest BCUT2D eigenvalue weighted by Crippen LogP contribution is -2.25. The fourth-order valence-electron chi connectivity index (χ4n) is 3.19. The van der Waals surface area contributed by atoms with Crippen molar-refractivity contribution in [2.24, 2.45) is 5.73 Å². The van der Waals surface area contributed by atoms with E-state index in [1.807, 2.05) is 12.1 Å². The highest BCUT2D eigenvalue weighted by Crippen LogP contribution is 2.23. The first kappa shape index (κ1) is 14.2. The average molecular weight is 281 g/mol. The lowest BCUT2D eigenvalue weighted by molar-refractivity contribution is 0.414. The van der Waals surface area contributed by atoms with Crippen LogP contribution in [-0.2, 0) is 25.7 Å². The van der Waals surface area contributed by atoms with Crippen LogP contribution < -0.4 is 10.5 Å². The van der Waals surface area contributed by atoms with Crippen molar-refractivity contribution in [1.29, 1.82) is 0 Å². The van der Waals surface area contributed by atoms with Gasteiger partial charge >= 0.3 is 0 Å². The Bertz CT molecular complexity index is 603. The lowest BCUT2D eigenvalue weighted by Gasteiger charge is -2.13. The Labute approximate surface area is 126 Å². The van der Waals surface area contributed by atoms with Crippen LogP contribution in [-0.4, -0.2) is 13.2 Å². The molecule has 110 valence electrons. The highest BCUT2D eigenvalue weighted by atomic mass is 16.5. The summed E-state index contributed by atoms with van der Waals surface area (Å²) in [6.07, 6.45) is 5.63. The van der Waals surface area contributed by atoms with Crippen molar-refractivity contribution < 1.29 is 4.74 Å². The molecule has 1 atom stereocenters. The zero-order valence-electron chi connectivity index (χ0n) is 12.6. The number of hydrogen-bond acceptors (Lipinski definition) is 2. The van der Waals surface area contributed by atoms with Gasteiger partial charge in [0.1, 0.15) is 5.75 Å². The van der Waals surface area contributed by atoms with Crippen LogP contribution in [0.1, 0.15) is 28.7 Å². The van der Waals surface area contributed by atoms with Crippen molar-refractivity contribution >= 4 is 0 Å². The molecule has 2 aromatic rings. The van der Waals surface area contributed by atoms with E-state index >= 15 is 0 Å². The Morgan fingerprint density at radius 2 is 1.62 bits per heavy atom. The van der Waals surface area contributed by atoms with Gasteiger partial charge in [0, 0.05) is 6.04 Å². The van der Waals surface area contributed by atoms with Crippen molar-refractivity contribution in [3.05, 3.63) is 64.7 Å². The topological polar surface area (TPSA) is 35.2 Å². The molecule has 1 aliphatic rings. The first-order valence-corrected chi connectivity index (χ1v) is 7.74. The molecule has 2 N–H and O–H groups in total. The Hall–Kier alpha value is -1.80. The normalized spacial score (nSPS) is 14.8. The second-order valence-electron chi connectivity index (χ2n) is 5.97. The van der Waals surface area contributed by atoms with Crippen LogP contribution >= 0.6 is 0 Å². The van der Waals surface area contributed by atoms with Crippen LogP contribution in [0.5, 0.6) is 5.75 Å². The standard InChI is InChI=1S/C19H23NO/c1-21-19-9-6-14(7-10-19)12-18(20)13-15-5-8-16-3-2-4-17(16)11-15/h5-11,18H,2-4,12-13,20H2,1H3. The maximum Gasteiger partial charge on any atom is 0.118 e. The van der Waals surface area contributed by atoms with Gasteiger partial charge in [0.2, 0.25) is 0 Å². The van der Waals surface area contributed by atoms with Gasteiger partial charge in [-0.2, -0.15) is 0 Å². The van der Waals surface area contributed by atoms with Crippen molar-refractivity contribution in [1.82, 2.24) is 0 Å². The molecule has 1 unspecified atom stereocenters. The van der Waals surface area contributed by atoms with Crippen molar-refractivity contribution in [2.45, 2.75) is 38.1 Å². The summed E-state index contributed by atoms with van der Waals surface area (Å²) in [6, 6.07) is 15.3. The van der Waals surface area contributed by atoms with E-state index in [2.05, 4.69) is 30.3 Å². The first-order chi connectivity index (χ1) is 10.2. The molecule has 0 saturated heterocycles. The number of rotatable bonds is 5. The summed E-state index contributed by atoms with van der Waals surface area (Å²) in [5.41, 5.74) is 12.0. The minimum atomic E-state index is 0.165. The molecule has 0 fully saturated rings. The zero-order chi connectivity index (χ0) is 14.7. The highest BCUT2D eigenvalue weighted by molar-refractivity contribution is 5.36. The predicted octanol–water partition coefficient (Wildman–Crippen LogP) is 3.30. The molecule has 2 aromatic carbocycles. The van der Waals surface area contributed by atoms with Crippen LogP contribution in [0.4, 0.5) is 0 Å². The van der Waals surface area contributed by atoms with Gasteiger partial charge in [-0.15, -0.1) is 0 Å². The quantitative estimate of drug-likeness (QED) is 0.912. The van der Waals surface area contributed by atoms with Gasteiger partial charge in [0.25, 0.3) is 0 Å². The molecule has 0 aromatic heterocycles. The van der Waals surface area contributed by atoms with Gasteiger partial charge in [-0.25, -0.2) is 0 Å². The van der Waals surface area contributed by atoms with Crippen molar-refractivity contribution in [3.63, 3.8) is 0 Å². The maximum absolute atomic E-state index is 6.32. The van der Waals surface area contributed by atoms with Crippen LogP contribution in [0.2, 0.25) is 0 Å². The fourth-order valence-corrected chi connectivity index (χ4v) is 3.19. The number of fused-ring (bicyclic) bond motifs is 1. The summed E-state index contributed by atoms with van der Waals surface area (Å²) in [7, 11) is 1.69. The van der Waals surface area contributed by atoms with E-state index in [1.165, 1.54) is 41.5 Å². The van der Waals surface area contributed by atoms with Gasteiger partial charge in [-0.05, 0) is 66.5 Å². The highest BCUT2D eigenvalue weighted by Gasteiger charge is 2.12. The van der Waals surface area contributed by atoms with E-state index in [0.717, 1.165) is 18.6 Å². The van der Waals surface area contributed by atoms with E-state index in [0.29, 0.717) is 0 Å². The van der Waals surface area contributed by atoms with Crippen molar-refractivity contribution in [3.8, 4) is 5.75 Å². The lowest BCUT2D eigenvalue weighted by atomic mass is 9.97. The summed E-state index contributed by atoms with van der Waals surface area (Å²) in [6.45, 7) is 0. The average Bonchev–Trinajstić information content (AvgIpc) is 2.95. The molecule has 0 saturated carbocycles. The smallest absolute Gasteiger partial charge is 0.118 e. The second kappa shape index (κ2) is 6.31. The van der Waals surface area contributed by atoms with Crippen LogP contribution in [0.25, 0.3) is 0 Å². The van der Waals surface area contributed by atoms with E-state index in [-0.39, 0.29) is 6.04 Å². The number of aryl methyl sites for hydroxylation is 2. The number of ether oxygens (including phenoxy) is 1. The van der Waals surface area contributed by atoms with Gasteiger partial charge in [0.15, 0.2) is 0 Å². The summed E-state index contributed by atoms with van der Waals surface area (Å²) < 4.78 is 5.18. The van der Waals surface area contributed by atoms with Crippen LogP contribution in [0, 0.1) is 0 Å². The number of nitrogens with two attached hydrogens (primary N) is 1. The molecule has 3 rings (SSSR count). The Balaban J connectivity index is 1.61. The third kappa shape index (κ3) is 3.45. The molecule has 0 bridgehead atoms. The monoisotopic (exact) mass is 281 g/mol. The molecule has 0 heterocycles. The predicted molar refractivity (Wildman–Crippen MR) is 86.8 cm³/mol. The fraction of sp³-hybridized carbons (Fsp3) is 0.368. The largest absolute Gasteiger partial charge is 0.497 e. The molecule has 0 spiro atoms. The first-order valence-electron chi connectivity index (χ1n) is 7.74. The summed E-state index contributed by atoms with van der Waals surface area (Å²) in [5, 5.41) is 0. The van der Waals surface area contributed by atoms with Gasteiger partial charge < -0.3 is 10.5 Å². The van der Waals surface area contributed by atoms with E-state index in [9.17, 15) is 0 Å². The summed E-state index contributed by atoms with van der Waals surface area (Å²) in [4.78, 5) is 0. The molecule has 0 radical (unpaired) electrons. The Kier molecular flexibility index (Phi) is 4.26. The van der Waals surface area contributed by atoms with Crippen molar-refractivity contribution in [2.75, 3.05) is 7.11 Å².